The van der Waals surface area contributed by atoms with Crippen molar-refractivity contribution in [3.05, 3.63) is 95.4 Å². The lowest BCUT2D eigenvalue weighted by Crippen LogP contribution is -2.47. The first-order chi connectivity index (χ1) is 19.0. The van der Waals surface area contributed by atoms with E-state index in [1.807, 2.05) is 17.2 Å². The van der Waals surface area contributed by atoms with Crippen LogP contribution in [0.3, 0.4) is 0 Å². The summed E-state index contributed by atoms with van der Waals surface area (Å²) in [4.78, 5) is 30.5. The minimum Gasteiger partial charge on any atom is -0.484 e. The summed E-state index contributed by atoms with van der Waals surface area (Å²) in [5.41, 5.74) is 1.60. The molecule has 1 amide bonds. The molecule has 39 heavy (non-hydrogen) atoms. The molecule has 11 heteroatoms. The number of aliphatic imine (C=N–C) groups is 1. The Hall–Kier alpha value is -4.18. The van der Waals surface area contributed by atoms with E-state index >= 15 is 0 Å². The molecule has 4 heterocycles. The van der Waals surface area contributed by atoms with Gasteiger partial charge in [0.1, 0.15) is 29.9 Å². The number of aromatic nitrogens is 2. The van der Waals surface area contributed by atoms with Crippen LogP contribution in [0.4, 0.5) is 10.3 Å². The fourth-order valence-corrected chi connectivity index (χ4v) is 5.16. The number of benzene rings is 2. The molecule has 1 fully saturated rings. The number of rotatable bonds is 7. The third-order valence-electron chi connectivity index (χ3n) is 6.94. The maximum atomic E-state index is 13.6. The van der Waals surface area contributed by atoms with Crippen LogP contribution in [0.2, 0.25) is 5.02 Å². The van der Waals surface area contributed by atoms with Crippen LogP contribution in [0.5, 0.6) is 5.75 Å². The number of ether oxygens (including phenoxy) is 2. The van der Waals surface area contributed by atoms with Gasteiger partial charge in [-0.25, -0.2) is 19.4 Å². The van der Waals surface area contributed by atoms with Crippen molar-refractivity contribution in [3.8, 4) is 5.75 Å². The zero-order valence-electron chi connectivity index (χ0n) is 20.9. The van der Waals surface area contributed by atoms with Gasteiger partial charge in [-0.05, 0) is 60.9 Å². The fourth-order valence-electron chi connectivity index (χ4n) is 5.03. The highest BCUT2D eigenvalue weighted by molar-refractivity contribution is 6.30. The Morgan fingerprint density at radius 2 is 1.97 bits per heavy atom. The van der Waals surface area contributed by atoms with Gasteiger partial charge in [0, 0.05) is 36.6 Å². The lowest BCUT2D eigenvalue weighted by atomic mass is 9.97. The number of hydrogen-bond donors (Lipinski definition) is 1. The summed E-state index contributed by atoms with van der Waals surface area (Å²) < 4.78 is 24.8. The zero-order chi connectivity index (χ0) is 26.8. The molecule has 1 N–H and O–H groups in total. The lowest BCUT2D eigenvalue weighted by molar-refractivity contribution is -0.134. The maximum Gasteiger partial charge on any atom is 0.298 e. The minimum absolute atomic E-state index is 0.00761. The Labute approximate surface area is 229 Å². The molecule has 9 nitrogen and oxygen atoms in total. The Balaban J connectivity index is 1.13. The molecule has 2 unspecified atom stereocenters. The summed E-state index contributed by atoms with van der Waals surface area (Å²) in [6.45, 7) is 1.15. The molecule has 6 rings (SSSR count). The largest absolute Gasteiger partial charge is 0.484 e. The molecule has 3 aromatic rings. The number of fused-ring (bicyclic) bond motifs is 1. The Kier molecular flexibility index (Phi) is 7.02. The smallest absolute Gasteiger partial charge is 0.298 e. The van der Waals surface area contributed by atoms with Crippen LogP contribution in [-0.4, -0.2) is 57.4 Å². The standard InChI is InChI=1S/C28H26ClFN6O3/c29-19-5-9-22(10-6-19)39-17-24(37)35-13-1-2-21(16-35)32-27-31-12-11-23(33-27)26-25(18-3-7-20(30)8-4-18)34-28-36(26)14-15-38-28/h3-12,14-15,21,25-26H,1-2,13,16-17H2,(H,31,32,33)/t21-,25?,26?/m1/s1. The summed E-state index contributed by atoms with van der Waals surface area (Å²) in [6.07, 6.45) is 6.84. The molecule has 3 aliphatic rings. The molecule has 0 spiro atoms. The second-order valence-corrected chi connectivity index (χ2v) is 9.97. The van der Waals surface area contributed by atoms with Crippen LogP contribution in [0.25, 0.3) is 0 Å². The first-order valence-corrected chi connectivity index (χ1v) is 13.1. The van der Waals surface area contributed by atoms with Crippen molar-refractivity contribution < 1.29 is 18.7 Å². The average molecular weight is 549 g/mol. The predicted octanol–water partition coefficient (Wildman–Crippen LogP) is 4.71. The highest BCUT2D eigenvalue weighted by Crippen LogP contribution is 2.43. The van der Waals surface area contributed by atoms with Gasteiger partial charge in [-0.3, -0.25) is 9.69 Å². The van der Waals surface area contributed by atoms with Gasteiger partial charge in [0.05, 0.1) is 5.69 Å². The Morgan fingerprint density at radius 3 is 2.79 bits per heavy atom. The highest BCUT2D eigenvalue weighted by Gasteiger charge is 2.41. The van der Waals surface area contributed by atoms with E-state index in [4.69, 9.17) is 31.1 Å². The monoisotopic (exact) mass is 548 g/mol. The van der Waals surface area contributed by atoms with Gasteiger partial charge in [-0.15, -0.1) is 0 Å². The third kappa shape index (κ3) is 5.51. The maximum absolute atomic E-state index is 13.6. The number of carbonyl (C=O) groups excluding carboxylic acids is 1. The Morgan fingerprint density at radius 1 is 1.15 bits per heavy atom. The molecule has 3 aliphatic heterocycles. The number of likely N-dealkylation sites (tertiary alicyclic amines) is 1. The van der Waals surface area contributed by atoms with Gasteiger partial charge >= 0.3 is 0 Å². The van der Waals surface area contributed by atoms with E-state index in [9.17, 15) is 9.18 Å². The van der Waals surface area contributed by atoms with Crippen LogP contribution in [0.1, 0.15) is 36.2 Å². The fraction of sp³-hybridized carbons (Fsp3) is 0.286. The van der Waals surface area contributed by atoms with Crippen molar-refractivity contribution in [2.45, 2.75) is 31.0 Å². The molecular formula is C28H26ClFN6O3. The molecular weight excluding hydrogens is 523 g/mol. The predicted molar refractivity (Wildman–Crippen MR) is 144 cm³/mol. The summed E-state index contributed by atoms with van der Waals surface area (Å²) in [7, 11) is 0. The molecule has 200 valence electrons. The number of amides is 1. The molecule has 0 bridgehead atoms. The van der Waals surface area contributed by atoms with E-state index < -0.39 is 0 Å². The lowest BCUT2D eigenvalue weighted by Gasteiger charge is -2.33. The van der Waals surface area contributed by atoms with Crippen LogP contribution in [0, 0.1) is 5.82 Å². The van der Waals surface area contributed by atoms with Crippen molar-refractivity contribution >= 4 is 29.5 Å². The van der Waals surface area contributed by atoms with Gasteiger partial charge in [-0.2, -0.15) is 0 Å². The molecule has 0 saturated carbocycles. The second-order valence-electron chi connectivity index (χ2n) is 9.53. The number of nitrogens with zero attached hydrogens (tertiary/aromatic N) is 5. The van der Waals surface area contributed by atoms with Crippen molar-refractivity contribution in [2.24, 2.45) is 4.99 Å². The summed E-state index contributed by atoms with van der Waals surface area (Å²) in [6, 6.07) is 15.0. The first-order valence-electron chi connectivity index (χ1n) is 12.7. The number of nitrogens with one attached hydrogen (secondary N) is 1. The normalized spacial score (nSPS) is 21.8. The summed E-state index contributed by atoms with van der Waals surface area (Å²) in [5.74, 6) is 0.688. The van der Waals surface area contributed by atoms with E-state index in [0.717, 1.165) is 24.1 Å². The molecule has 1 aromatic heterocycles. The molecule has 0 aliphatic carbocycles. The van der Waals surface area contributed by atoms with Crippen molar-refractivity contribution in [3.63, 3.8) is 0 Å². The molecule has 1 saturated heterocycles. The average Bonchev–Trinajstić information content (AvgIpc) is 3.55. The second kappa shape index (κ2) is 10.9. The van der Waals surface area contributed by atoms with Gasteiger partial charge in [0.15, 0.2) is 6.61 Å². The highest BCUT2D eigenvalue weighted by atomic mass is 35.5. The van der Waals surface area contributed by atoms with Crippen LogP contribution in [0.15, 0.2) is 78.2 Å². The van der Waals surface area contributed by atoms with Gasteiger partial charge < -0.3 is 19.7 Å². The van der Waals surface area contributed by atoms with Crippen molar-refractivity contribution in [2.75, 3.05) is 25.0 Å². The zero-order valence-corrected chi connectivity index (χ0v) is 21.7. The van der Waals surface area contributed by atoms with Crippen LogP contribution >= 0.6 is 11.6 Å². The number of anilines is 1. The number of halogens is 2. The first kappa shape index (κ1) is 25.1. The summed E-state index contributed by atoms with van der Waals surface area (Å²) in [5, 5.41) is 4.02. The van der Waals surface area contributed by atoms with E-state index in [-0.39, 0.29) is 36.5 Å². The number of amidine groups is 1. The molecule has 3 atom stereocenters. The van der Waals surface area contributed by atoms with Gasteiger partial charge in [0.25, 0.3) is 11.9 Å². The van der Waals surface area contributed by atoms with Crippen molar-refractivity contribution in [1.29, 1.82) is 0 Å². The third-order valence-corrected chi connectivity index (χ3v) is 7.19. The van der Waals surface area contributed by atoms with Crippen LogP contribution < -0.4 is 10.1 Å². The topological polar surface area (TPSA) is 92.2 Å². The Bertz CT molecular complexity index is 1400. The summed E-state index contributed by atoms with van der Waals surface area (Å²) >= 11 is 5.91. The minimum atomic E-state index is -0.322. The molecule has 2 aromatic carbocycles. The van der Waals surface area contributed by atoms with Crippen LogP contribution in [-0.2, 0) is 9.53 Å². The van der Waals surface area contributed by atoms with Gasteiger partial charge in [0.2, 0.25) is 5.95 Å². The molecule has 0 radical (unpaired) electrons. The van der Waals surface area contributed by atoms with Crippen molar-refractivity contribution in [1.82, 2.24) is 19.8 Å². The van der Waals surface area contributed by atoms with Gasteiger partial charge in [-0.1, -0.05) is 23.7 Å². The number of hydrogen-bond acceptors (Lipinski definition) is 8. The number of piperidine rings is 1. The van der Waals surface area contributed by atoms with E-state index in [0.29, 0.717) is 35.8 Å². The van der Waals surface area contributed by atoms with E-state index in [1.54, 1.807) is 53.8 Å². The van der Waals surface area contributed by atoms with E-state index in [1.165, 1.54) is 12.1 Å². The number of carbonyl (C=O) groups is 1. The quantitative estimate of drug-likeness (QED) is 0.457. The SMILES string of the molecule is O=C(COc1ccc(Cl)cc1)N1CCC[C@@H](Nc2nccc(C3C(c4ccc(F)cc4)N=C4OC=CN43)n2)C1. The van der Waals surface area contributed by atoms with E-state index in [2.05, 4.69) is 10.3 Å².